The van der Waals surface area contributed by atoms with Crippen molar-refractivity contribution in [1.29, 1.82) is 0 Å². The second-order valence-corrected chi connectivity index (χ2v) is 12.4. The number of aromatic nitrogens is 2. The van der Waals surface area contributed by atoms with Gasteiger partial charge in [0.05, 0.1) is 12.1 Å². The number of hydrogen-bond acceptors (Lipinski definition) is 4. The first-order valence-corrected chi connectivity index (χ1v) is 14.2. The van der Waals surface area contributed by atoms with Crippen molar-refractivity contribution in [2.75, 3.05) is 13.1 Å². The fourth-order valence-corrected chi connectivity index (χ4v) is 6.16. The number of aromatic amines is 1. The van der Waals surface area contributed by atoms with Crippen LogP contribution in [0.4, 0.5) is 4.39 Å². The Labute approximate surface area is 243 Å². The summed E-state index contributed by atoms with van der Waals surface area (Å²) in [5.74, 6) is -1.02. The summed E-state index contributed by atoms with van der Waals surface area (Å²) < 4.78 is 14.2. The van der Waals surface area contributed by atoms with Gasteiger partial charge in [-0.2, -0.15) is 0 Å². The van der Waals surface area contributed by atoms with Gasteiger partial charge in [-0.25, -0.2) is 4.39 Å². The molecule has 2 aromatic heterocycles. The summed E-state index contributed by atoms with van der Waals surface area (Å²) in [4.78, 5) is 51.6. The van der Waals surface area contributed by atoms with Crippen LogP contribution < -0.4 is 5.32 Å². The van der Waals surface area contributed by atoms with Crippen LogP contribution in [0.1, 0.15) is 53.7 Å². The maximum absolute atomic E-state index is 14.2. The molecule has 216 valence electrons. The second-order valence-electron chi connectivity index (χ2n) is 12.4. The van der Waals surface area contributed by atoms with Crippen LogP contribution in [0.3, 0.4) is 0 Å². The molecule has 3 atom stereocenters. The molecular formula is C33H34FN5O3. The molecule has 2 N–H and O–H groups in total. The van der Waals surface area contributed by atoms with Crippen LogP contribution in [-0.4, -0.2) is 68.7 Å². The lowest BCUT2D eigenvalue weighted by Gasteiger charge is -2.39. The van der Waals surface area contributed by atoms with Crippen LogP contribution >= 0.6 is 0 Å². The van der Waals surface area contributed by atoms with Gasteiger partial charge in [-0.05, 0) is 48.6 Å². The number of rotatable bonds is 5. The van der Waals surface area contributed by atoms with Crippen LogP contribution in [-0.2, 0) is 4.79 Å². The minimum atomic E-state index is -0.742. The van der Waals surface area contributed by atoms with Crippen molar-refractivity contribution in [1.82, 2.24) is 25.1 Å². The molecule has 2 aliphatic rings. The van der Waals surface area contributed by atoms with Gasteiger partial charge in [0.1, 0.15) is 23.2 Å². The average Bonchev–Trinajstić information content (AvgIpc) is 3.70. The number of aryl methyl sites for hydroxylation is 1. The Bertz CT molecular complexity index is 1690. The molecule has 2 aromatic carbocycles. The summed E-state index contributed by atoms with van der Waals surface area (Å²) in [6.45, 7) is 8.60. The molecule has 6 rings (SSSR count). The van der Waals surface area contributed by atoms with E-state index in [0.717, 1.165) is 16.5 Å². The number of halogens is 1. The number of benzene rings is 2. The maximum Gasteiger partial charge on any atom is 0.272 e. The van der Waals surface area contributed by atoms with E-state index in [1.54, 1.807) is 35.2 Å². The van der Waals surface area contributed by atoms with E-state index in [-0.39, 0.29) is 41.3 Å². The van der Waals surface area contributed by atoms with Crippen molar-refractivity contribution in [3.63, 3.8) is 0 Å². The number of hydrogen-bond donors (Lipinski definition) is 2. The summed E-state index contributed by atoms with van der Waals surface area (Å²) in [5, 5.41) is 3.97. The van der Waals surface area contributed by atoms with E-state index in [2.05, 4.69) is 15.3 Å². The smallest absolute Gasteiger partial charge is 0.272 e. The fourth-order valence-electron chi connectivity index (χ4n) is 6.16. The van der Waals surface area contributed by atoms with E-state index in [1.807, 2.05) is 56.9 Å². The molecule has 3 amide bonds. The number of likely N-dealkylation sites (tertiary alicyclic amines) is 2. The first-order chi connectivity index (χ1) is 20.0. The minimum Gasteiger partial charge on any atom is -0.351 e. The molecule has 0 unspecified atom stereocenters. The molecule has 0 spiro atoms. The van der Waals surface area contributed by atoms with Crippen molar-refractivity contribution in [2.24, 2.45) is 5.41 Å². The number of nitrogens with one attached hydrogen (secondary N) is 2. The summed E-state index contributed by atoms with van der Waals surface area (Å²) in [6.07, 6.45) is 2.19. The predicted octanol–water partition coefficient (Wildman–Crippen LogP) is 4.95. The lowest BCUT2D eigenvalue weighted by atomic mass is 9.85. The zero-order valence-electron chi connectivity index (χ0n) is 24.1. The molecule has 0 saturated carbocycles. The lowest BCUT2D eigenvalue weighted by molar-refractivity contribution is -0.138. The Kier molecular flexibility index (Phi) is 6.83. The van der Waals surface area contributed by atoms with E-state index >= 15 is 0 Å². The number of nitrogens with zero attached hydrogens (tertiary/aromatic N) is 3. The predicted molar refractivity (Wildman–Crippen MR) is 158 cm³/mol. The van der Waals surface area contributed by atoms with E-state index < -0.39 is 11.5 Å². The number of pyridine rings is 1. The van der Waals surface area contributed by atoms with E-state index in [9.17, 15) is 18.8 Å². The van der Waals surface area contributed by atoms with Gasteiger partial charge in [0.25, 0.3) is 11.8 Å². The number of H-pyrrole nitrogens is 1. The highest BCUT2D eigenvalue weighted by molar-refractivity contribution is 6.01. The van der Waals surface area contributed by atoms with E-state index in [0.29, 0.717) is 36.3 Å². The molecule has 2 bridgehead atoms. The number of carbonyl (C=O) groups is 3. The Morgan fingerprint density at radius 1 is 1.00 bits per heavy atom. The third kappa shape index (κ3) is 4.93. The standard InChI is InChI=1S/C33H34FN5O3/c1-19-8-7-11-26-24(19)15-28(36-26)30(40)37-29(33(2,3)4)32(42)39-18-21-14-22(39)17-38(21)31(41)27-13-12-20(16-35-27)23-9-5-6-10-25(23)34/h5-13,15-16,21-22,29,36H,14,17-18H2,1-4H3,(H,37,40)/t21-,22-,29+/m0/s1. The molecule has 4 aromatic rings. The summed E-state index contributed by atoms with van der Waals surface area (Å²) in [5.41, 5.74) is 3.13. The van der Waals surface area contributed by atoms with Gasteiger partial charge in [-0.1, -0.05) is 57.2 Å². The SMILES string of the molecule is Cc1cccc2[nH]c(C(=O)N[C@H](C(=O)N3C[C@@H]4C[C@H]3CN4C(=O)c3ccc(-c4ccccc4F)cn3)C(C)(C)C)cc12. The molecule has 42 heavy (non-hydrogen) atoms. The zero-order chi connectivity index (χ0) is 29.8. The third-order valence-electron chi connectivity index (χ3n) is 8.47. The molecule has 9 heteroatoms. The molecule has 2 saturated heterocycles. The maximum atomic E-state index is 14.2. The van der Waals surface area contributed by atoms with Crippen LogP contribution in [0.25, 0.3) is 22.0 Å². The van der Waals surface area contributed by atoms with Crippen molar-refractivity contribution in [3.8, 4) is 11.1 Å². The molecular weight excluding hydrogens is 533 g/mol. The largest absolute Gasteiger partial charge is 0.351 e. The highest BCUT2D eigenvalue weighted by Crippen LogP contribution is 2.34. The number of carbonyl (C=O) groups excluding carboxylic acids is 3. The first kappa shape index (κ1) is 27.6. The van der Waals surface area contributed by atoms with Crippen molar-refractivity contribution in [3.05, 3.63) is 89.6 Å². The van der Waals surface area contributed by atoms with Crippen molar-refractivity contribution >= 4 is 28.6 Å². The first-order valence-electron chi connectivity index (χ1n) is 14.2. The summed E-state index contributed by atoms with van der Waals surface area (Å²) in [6, 6.07) is 16.4. The highest BCUT2D eigenvalue weighted by Gasteiger charge is 2.50. The van der Waals surface area contributed by atoms with E-state index in [4.69, 9.17) is 0 Å². The summed E-state index contributed by atoms with van der Waals surface area (Å²) in [7, 11) is 0. The Morgan fingerprint density at radius 3 is 2.38 bits per heavy atom. The normalized spacial score (nSPS) is 18.9. The Balaban J connectivity index is 1.14. The average molecular weight is 568 g/mol. The topological polar surface area (TPSA) is 98.4 Å². The second kappa shape index (κ2) is 10.4. The number of fused-ring (bicyclic) bond motifs is 3. The summed E-state index contributed by atoms with van der Waals surface area (Å²) >= 11 is 0. The monoisotopic (exact) mass is 567 g/mol. The van der Waals surface area contributed by atoms with Gasteiger partial charge < -0.3 is 20.1 Å². The fraction of sp³-hybridized carbons (Fsp3) is 0.333. The van der Waals surface area contributed by atoms with Crippen molar-refractivity contribution < 1.29 is 18.8 Å². The van der Waals surface area contributed by atoms with Gasteiger partial charge in [-0.3, -0.25) is 19.4 Å². The van der Waals surface area contributed by atoms with Gasteiger partial charge in [0.2, 0.25) is 5.91 Å². The van der Waals surface area contributed by atoms with Crippen molar-refractivity contribution in [2.45, 2.75) is 52.2 Å². The number of piperazine rings is 1. The minimum absolute atomic E-state index is 0.132. The van der Waals surface area contributed by atoms with Gasteiger partial charge in [0, 0.05) is 41.3 Å². The molecule has 2 aliphatic heterocycles. The third-order valence-corrected chi connectivity index (χ3v) is 8.47. The Morgan fingerprint density at radius 2 is 1.74 bits per heavy atom. The lowest BCUT2D eigenvalue weighted by Crippen LogP contribution is -2.59. The van der Waals surface area contributed by atoms with Gasteiger partial charge >= 0.3 is 0 Å². The van der Waals surface area contributed by atoms with Crippen LogP contribution in [0.5, 0.6) is 0 Å². The van der Waals surface area contributed by atoms with Crippen LogP contribution in [0, 0.1) is 18.2 Å². The number of amides is 3. The molecule has 0 aliphatic carbocycles. The zero-order valence-corrected chi connectivity index (χ0v) is 24.1. The molecule has 0 radical (unpaired) electrons. The molecule has 8 nitrogen and oxygen atoms in total. The van der Waals surface area contributed by atoms with Gasteiger partial charge in [0.15, 0.2) is 0 Å². The van der Waals surface area contributed by atoms with Gasteiger partial charge in [-0.15, -0.1) is 0 Å². The van der Waals surface area contributed by atoms with Crippen LogP contribution in [0.2, 0.25) is 0 Å². The van der Waals surface area contributed by atoms with E-state index in [1.165, 1.54) is 12.3 Å². The quantitative estimate of drug-likeness (QED) is 0.357. The van der Waals surface area contributed by atoms with Crippen LogP contribution in [0.15, 0.2) is 66.9 Å². The molecule has 2 fully saturated rings. The molecule has 4 heterocycles. The Hall–Kier alpha value is -4.53. The highest BCUT2D eigenvalue weighted by atomic mass is 19.1.